The molecule has 0 aromatic rings. The third-order valence-corrected chi connectivity index (χ3v) is 2.32. The van der Waals surface area contributed by atoms with Gasteiger partial charge in [0.2, 0.25) is 0 Å². The third-order valence-electron chi connectivity index (χ3n) is 2.32. The van der Waals surface area contributed by atoms with Crippen LogP contribution in [0.5, 0.6) is 0 Å². The fourth-order valence-electron chi connectivity index (χ4n) is 1.60. The van der Waals surface area contributed by atoms with E-state index in [9.17, 15) is 5.11 Å². The molecule has 3 nitrogen and oxygen atoms in total. The highest BCUT2D eigenvalue weighted by molar-refractivity contribution is 4.74. The lowest BCUT2D eigenvalue weighted by molar-refractivity contribution is -0.0675. The van der Waals surface area contributed by atoms with E-state index in [4.69, 9.17) is 9.47 Å². The molecule has 3 heteroatoms. The first-order chi connectivity index (χ1) is 6.34. The molecule has 0 bridgehead atoms. The lowest BCUT2D eigenvalue weighted by Crippen LogP contribution is -2.33. The third kappa shape index (κ3) is 3.79. The number of ether oxygens (including phenoxy) is 2. The molecule has 1 aliphatic rings. The minimum Gasteiger partial charge on any atom is -0.499 e. The second-order valence-electron chi connectivity index (χ2n) is 3.30. The van der Waals surface area contributed by atoms with Gasteiger partial charge in [0.1, 0.15) is 6.61 Å². The van der Waals surface area contributed by atoms with E-state index in [1.807, 2.05) is 0 Å². The minimum atomic E-state index is -0.280. The lowest BCUT2D eigenvalue weighted by atomic mass is 9.95. The van der Waals surface area contributed by atoms with Crippen molar-refractivity contribution in [3.8, 4) is 0 Å². The smallest absolute Gasteiger partial charge is 0.111 e. The number of rotatable bonds is 5. The van der Waals surface area contributed by atoms with Gasteiger partial charge in [0.25, 0.3) is 0 Å². The van der Waals surface area contributed by atoms with Gasteiger partial charge in [-0.15, -0.1) is 0 Å². The van der Waals surface area contributed by atoms with Crippen molar-refractivity contribution in [2.24, 2.45) is 0 Å². The number of aliphatic hydroxyl groups excluding tert-OH is 1. The van der Waals surface area contributed by atoms with E-state index < -0.39 is 0 Å². The molecule has 1 aliphatic carbocycles. The van der Waals surface area contributed by atoms with E-state index in [1.165, 1.54) is 6.26 Å². The number of hydrogen-bond acceptors (Lipinski definition) is 3. The largest absolute Gasteiger partial charge is 0.499 e. The molecule has 1 rings (SSSR count). The summed E-state index contributed by atoms with van der Waals surface area (Å²) < 4.78 is 10.4. The summed E-state index contributed by atoms with van der Waals surface area (Å²) in [6, 6.07) is 0. The van der Waals surface area contributed by atoms with Crippen molar-refractivity contribution in [2.75, 3.05) is 13.2 Å². The molecule has 0 saturated heterocycles. The Balaban J connectivity index is 2.08. The van der Waals surface area contributed by atoms with Gasteiger partial charge >= 0.3 is 0 Å². The first kappa shape index (κ1) is 10.5. The predicted molar refractivity (Wildman–Crippen MR) is 50.4 cm³/mol. The maximum absolute atomic E-state index is 9.54. The summed E-state index contributed by atoms with van der Waals surface area (Å²) in [5, 5.41) is 9.54. The molecule has 0 aromatic carbocycles. The highest BCUT2D eigenvalue weighted by Gasteiger charge is 2.23. The zero-order chi connectivity index (χ0) is 9.52. The van der Waals surface area contributed by atoms with Gasteiger partial charge in [0.05, 0.1) is 25.1 Å². The highest BCUT2D eigenvalue weighted by Crippen LogP contribution is 2.20. The van der Waals surface area contributed by atoms with Gasteiger partial charge in [-0.1, -0.05) is 19.4 Å². The van der Waals surface area contributed by atoms with Crippen LogP contribution in [0.1, 0.15) is 25.7 Å². The predicted octanol–water partition coefficient (Wildman–Crippen LogP) is 1.47. The molecule has 0 spiro atoms. The van der Waals surface area contributed by atoms with E-state index in [-0.39, 0.29) is 12.2 Å². The van der Waals surface area contributed by atoms with Crippen LogP contribution in [0, 0.1) is 0 Å². The maximum atomic E-state index is 9.54. The van der Waals surface area contributed by atoms with Crippen LogP contribution in [0.2, 0.25) is 0 Å². The molecule has 1 fully saturated rings. The summed E-state index contributed by atoms with van der Waals surface area (Å²) in [6.07, 6.45) is 5.25. The fourth-order valence-corrected chi connectivity index (χ4v) is 1.60. The van der Waals surface area contributed by atoms with Crippen molar-refractivity contribution >= 4 is 0 Å². The Labute approximate surface area is 79.3 Å². The Bertz CT molecular complexity index is 147. The molecule has 0 amide bonds. The van der Waals surface area contributed by atoms with Crippen molar-refractivity contribution in [1.82, 2.24) is 0 Å². The fraction of sp³-hybridized carbons (Fsp3) is 0.800. The van der Waals surface area contributed by atoms with Crippen molar-refractivity contribution in [1.29, 1.82) is 0 Å². The lowest BCUT2D eigenvalue weighted by Gasteiger charge is -2.27. The molecule has 0 aliphatic heterocycles. The van der Waals surface area contributed by atoms with Gasteiger partial charge < -0.3 is 14.6 Å². The van der Waals surface area contributed by atoms with E-state index in [2.05, 4.69) is 6.58 Å². The summed E-state index contributed by atoms with van der Waals surface area (Å²) in [5.74, 6) is 0. The molecule has 0 radical (unpaired) electrons. The van der Waals surface area contributed by atoms with Gasteiger partial charge in [0, 0.05) is 0 Å². The normalized spacial score (nSPS) is 28.4. The van der Waals surface area contributed by atoms with Crippen LogP contribution in [0.15, 0.2) is 12.8 Å². The van der Waals surface area contributed by atoms with Crippen molar-refractivity contribution in [2.45, 2.75) is 37.9 Å². The summed E-state index contributed by atoms with van der Waals surface area (Å²) in [4.78, 5) is 0. The molecule has 0 aromatic heterocycles. The highest BCUT2D eigenvalue weighted by atomic mass is 16.5. The van der Waals surface area contributed by atoms with Gasteiger partial charge in [-0.3, -0.25) is 0 Å². The first-order valence-corrected chi connectivity index (χ1v) is 4.87. The SMILES string of the molecule is C=COCCOC1CCCCC1O. The van der Waals surface area contributed by atoms with Crippen molar-refractivity contribution in [3.05, 3.63) is 12.8 Å². The molecular weight excluding hydrogens is 168 g/mol. The van der Waals surface area contributed by atoms with Crippen LogP contribution in [-0.4, -0.2) is 30.5 Å². The van der Waals surface area contributed by atoms with Crippen LogP contribution >= 0.6 is 0 Å². The van der Waals surface area contributed by atoms with Crippen LogP contribution in [-0.2, 0) is 9.47 Å². The van der Waals surface area contributed by atoms with E-state index in [0.717, 1.165) is 25.7 Å². The zero-order valence-electron chi connectivity index (χ0n) is 7.95. The average Bonchev–Trinajstić information content (AvgIpc) is 2.15. The van der Waals surface area contributed by atoms with E-state index in [0.29, 0.717) is 13.2 Å². The number of aliphatic hydroxyl groups is 1. The Morgan fingerprint density at radius 1 is 1.31 bits per heavy atom. The second-order valence-corrected chi connectivity index (χ2v) is 3.30. The summed E-state index contributed by atoms with van der Waals surface area (Å²) in [7, 11) is 0. The second kappa shape index (κ2) is 6.00. The molecule has 2 unspecified atom stereocenters. The topological polar surface area (TPSA) is 38.7 Å². The van der Waals surface area contributed by atoms with Crippen LogP contribution < -0.4 is 0 Å². The summed E-state index contributed by atoms with van der Waals surface area (Å²) in [5.41, 5.74) is 0. The van der Waals surface area contributed by atoms with Crippen LogP contribution in [0.4, 0.5) is 0 Å². The van der Waals surface area contributed by atoms with Crippen molar-refractivity contribution < 1.29 is 14.6 Å². The van der Waals surface area contributed by atoms with Crippen LogP contribution in [0.25, 0.3) is 0 Å². The zero-order valence-corrected chi connectivity index (χ0v) is 7.95. The summed E-state index contributed by atoms with van der Waals surface area (Å²) >= 11 is 0. The minimum absolute atomic E-state index is 0.0159. The van der Waals surface area contributed by atoms with E-state index >= 15 is 0 Å². The Hall–Kier alpha value is -0.540. The monoisotopic (exact) mass is 186 g/mol. The van der Waals surface area contributed by atoms with Crippen molar-refractivity contribution in [3.63, 3.8) is 0 Å². The molecule has 13 heavy (non-hydrogen) atoms. The maximum Gasteiger partial charge on any atom is 0.111 e. The molecule has 1 saturated carbocycles. The quantitative estimate of drug-likeness (QED) is 0.522. The molecule has 1 N–H and O–H groups in total. The molecule has 76 valence electrons. The standard InChI is InChI=1S/C10H18O3/c1-2-12-7-8-13-10-6-4-3-5-9(10)11/h2,9-11H,1,3-8H2. The van der Waals surface area contributed by atoms with Crippen LogP contribution in [0.3, 0.4) is 0 Å². The van der Waals surface area contributed by atoms with Gasteiger partial charge in [-0.05, 0) is 12.8 Å². The average molecular weight is 186 g/mol. The summed E-state index contributed by atoms with van der Waals surface area (Å²) in [6.45, 7) is 4.49. The van der Waals surface area contributed by atoms with Gasteiger partial charge in [-0.25, -0.2) is 0 Å². The molecular formula is C10H18O3. The van der Waals surface area contributed by atoms with Gasteiger partial charge in [-0.2, -0.15) is 0 Å². The van der Waals surface area contributed by atoms with E-state index in [1.54, 1.807) is 0 Å². The molecule has 2 atom stereocenters. The Morgan fingerprint density at radius 2 is 2.08 bits per heavy atom. The molecule has 0 heterocycles. The van der Waals surface area contributed by atoms with Gasteiger partial charge in [0.15, 0.2) is 0 Å². The Morgan fingerprint density at radius 3 is 2.77 bits per heavy atom. The number of hydrogen-bond donors (Lipinski definition) is 1. The first-order valence-electron chi connectivity index (χ1n) is 4.87. The Kier molecular flexibility index (Phi) is 4.86.